The molecule has 0 radical (unpaired) electrons. The fourth-order valence-electron chi connectivity index (χ4n) is 3.01. The van der Waals surface area contributed by atoms with Crippen LogP contribution in [-0.4, -0.2) is 13.0 Å². The average molecular weight is 360 g/mol. The molecule has 25 heavy (non-hydrogen) atoms. The molecule has 0 bridgehead atoms. The molecule has 134 valence electrons. The van der Waals surface area contributed by atoms with Gasteiger partial charge in [-0.1, -0.05) is 37.6 Å². The maximum atomic E-state index is 12.4. The van der Waals surface area contributed by atoms with Crippen molar-refractivity contribution in [3.63, 3.8) is 0 Å². The molecule has 0 aromatic heterocycles. The van der Waals surface area contributed by atoms with Gasteiger partial charge in [0.05, 0.1) is 19.6 Å². The number of carbonyl (C=O) groups excluding carboxylic acids is 1. The van der Waals surface area contributed by atoms with Crippen LogP contribution in [0.4, 0.5) is 0 Å². The minimum Gasteiger partial charge on any atom is -0.496 e. The normalized spacial score (nSPS) is 12.1. The second-order valence-corrected chi connectivity index (χ2v) is 7.14. The number of rotatable bonds is 6. The molecular formula is C21H26ClNO2. The lowest BCUT2D eigenvalue weighted by Gasteiger charge is -2.21. The van der Waals surface area contributed by atoms with E-state index in [0.717, 1.165) is 28.0 Å². The van der Waals surface area contributed by atoms with Gasteiger partial charge < -0.3 is 10.1 Å². The summed E-state index contributed by atoms with van der Waals surface area (Å²) in [6.45, 7) is 8.33. The minimum atomic E-state index is -0.0740. The molecule has 0 fully saturated rings. The number of benzene rings is 2. The fourth-order valence-corrected chi connectivity index (χ4v) is 3.23. The predicted octanol–water partition coefficient (Wildman–Crippen LogP) is 5.20. The molecule has 0 aliphatic rings. The number of hydrogen-bond acceptors (Lipinski definition) is 2. The van der Waals surface area contributed by atoms with Gasteiger partial charge in [-0.05, 0) is 66.3 Å². The van der Waals surface area contributed by atoms with Gasteiger partial charge in [-0.3, -0.25) is 4.79 Å². The van der Waals surface area contributed by atoms with Crippen molar-refractivity contribution >= 4 is 17.5 Å². The lowest BCUT2D eigenvalue weighted by molar-refractivity contribution is -0.121. The Morgan fingerprint density at radius 1 is 1.16 bits per heavy atom. The molecule has 1 N–H and O–H groups in total. The molecule has 0 saturated carbocycles. The largest absolute Gasteiger partial charge is 0.496 e. The smallest absolute Gasteiger partial charge is 0.224 e. The molecule has 4 heteroatoms. The summed E-state index contributed by atoms with van der Waals surface area (Å²) in [6, 6.07) is 11.5. The average Bonchev–Trinajstić information content (AvgIpc) is 2.53. The van der Waals surface area contributed by atoms with E-state index in [9.17, 15) is 4.79 Å². The molecule has 2 aromatic carbocycles. The van der Waals surface area contributed by atoms with Crippen LogP contribution in [-0.2, 0) is 11.2 Å². The Bertz CT molecular complexity index is 756. The lowest BCUT2D eigenvalue weighted by Crippen LogP contribution is -2.28. The third-order valence-corrected chi connectivity index (χ3v) is 4.57. The Morgan fingerprint density at radius 2 is 1.88 bits per heavy atom. The van der Waals surface area contributed by atoms with Crippen LogP contribution in [0.5, 0.6) is 5.75 Å². The number of hydrogen-bond donors (Lipinski definition) is 1. The summed E-state index contributed by atoms with van der Waals surface area (Å²) >= 11 is 5.98. The summed E-state index contributed by atoms with van der Waals surface area (Å²) < 4.78 is 5.49. The highest BCUT2D eigenvalue weighted by Gasteiger charge is 2.17. The minimum absolute atomic E-state index is 0.0175. The van der Waals surface area contributed by atoms with E-state index in [4.69, 9.17) is 16.3 Å². The summed E-state index contributed by atoms with van der Waals surface area (Å²) in [5.74, 6) is 1.23. The van der Waals surface area contributed by atoms with Gasteiger partial charge in [0, 0.05) is 5.02 Å². The van der Waals surface area contributed by atoms with Crippen LogP contribution in [0.15, 0.2) is 36.4 Å². The zero-order valence-corrected chi connectivity index (χ0v) is 16.3. The van der Waals surface area contributed by atoms with Crippen molar-refractivity contribution in [2.24, 2.45) is 0 Å². The first-order valence-electron chi connectivity index (χ1n) is 8.54. The number of aryl methyl sites for hydroxylation is 1. The quantitative estimate of drug-likeness (QED) is 0.769. The highest BCUT2D eigenvalue weighted by Crippen LogP contribution is 2.32. The van der Waals surface area contributed by atoms with E-state index in [1.165, 1.54) is 0 Å². The topological polar surface area (TPSA) is 38.3 Å². The van der Waals surface area contributed by atoms with Gasteiger partial charge in [-0.2, -0.15) is 0 Å². The van der Waals surface area contributed by atoms with E-state index in [1.807, 2.05) is 38.1 Å². The maximum absolute atomic E-state index is 12.4. The molecule has 0 aliphatic carbocycles. The highest BCUT2D eigenvalue weighted by molar-refractivity contribution is 6.30. The second-order valence-electron chi connectivity index (χ2n) is 6.70. The van der Waals surface area contributed by atoms with Crippen LogP contribution in [0.3, 0.4) is 0 Å². The number of ether oxygens (including phenoxy) is 1. The van der Waals surface area contributed by atoms with Gasteiger partial charge in [-0.25, -0.2) is 0 Å². The predicted molar refractivity (Wildman–Crippen MR) is 104 cm³/mol. The second kappa shape index (κ2) is 8.39. The summed E-state index contributed by atoms with van der Waals surface area (Å²) in [4.78, 5) is 12.4. The van der Waals surface area contributed by atoms with Gasteiger partial charge in [0.15, 0.2) is 0 Å². The molecule has 2 rings (SSSR count). The van der Waals surface area contributed by atoms with Crippen LogP contribution in [0.1, 0.15) is 55.0 Å². The monoisotopic (exact) mass is 359 g/mol. The van der Waals surface area contributed by atoms with Crippen LogP contribution in [0.2, 0.25) is 5.02 Å². The SMILES string of the molecule is COc1cc(C)c(C(C)NC(=O)Cc2cccc(Cl)c2)cc1C(C)C. The first-order chi connectivity index (χ1) is 11.8. The van der Waals surface area contributed by atoms with Gasteiger partial charge >= 0.3 is 0 Å². The maximum Gasteiger partial charge on any atom is 0.224 e. The lowest BCUT2D eigenvalue weighted by atomic mass is 9.93. The summed E-state index contributed by atoms with van der Waals surface area (Å²) in [6.07, 6.45) is 0.317. The first-order valence-corrected chi connectivity index (χ1v) is 8.91. The first kappa shape index (κ1) is 19.3. The number of halogens is 1. The van der Waals surface area contributed by atoms with Crippen molar-refractivity contribution in [2.75, 3.05) is 7.11 Å². The van der Waals surface area contributed by atoms with E-state index in [-0.39, 0.29) is 11.9 Å². The summed E-state index contributed by atoms with van der Waals surface area (Å²) in [5, 5.41) is 3.73. The van der Waals surface area contributed by atoms with Crippen molar-refractivity contribution in [1.29, 1.82) is 0 Å². The van der Waals surface area contributed by atoms with Gasteiger partial charge in [0.25, 0.3) is 0 Å². The van der Waals surface area contributed by atoms with Crippen LogP contribution >= 0.6 is 11.6 Å². The molecule has 3 nitrogen and oxygen atoms in total. The summed E-state index contributed by atoms with van der Waals surface area (Å²) in [7, 11) is 1.69. The van der Waals surface area contributed by atoms with Crippen molar-refractivity contribution in [1.82, 2.24) is 5.32 Å². The van der Waals surface area contributed by atoms with E-state index < -0.39 is 0 Å². The third-order valence-electron chi connectivity index (χ3n) is 4.34. The fraction of sp³-hybridized carbons (Fsp3) is 0.381. The van der Waals surface area contributed by atoms with Crippen LogP contribution < -0.4 is 10.1 Å². The van der Waals surface area contributed by atoms with Gasteiger partial charge in [0.2, 0.25) is 5.91 Å². The molecule has 0 saturated heterocycles. The molecule has 1 amide bonds. The molecular weight excluding hydrogens is 334 g/mol. The van der Waals surface area contributed by atoms with E-state index >= 15 is 0 Å². The van der Waals surface area contributed by atoms with Crippen molar-refractivity contribution in [3.8, 4) is 5.75 Å². The zero-order chi connectivity index (χ0) is 18.6. The molecule has 0 aliphatic heterocycles. The van der Waals surface area contributed by atoms with E-state index in [0.29, 0.717) is 17.4 Å². The Hall–Kier alpha value is -2.00. The molecule has 1 unspecified atom stereocenters. The highest BCUT2D eigenvalue weighted by atomic mass is 35.5. The number of nitrogens with one attached hydrogen (secondary N) is 1. The Morgan fingerprint density at radius 3 is 2.48 bits per heavy atom. The Kier molecular flexibility index (Phi) is 6.49. The van der Waals surface area contributed by atoms with E-state index in [1.54, 1.807) is 13.2 Å². The van der Waals surface area contributed by atoms with Crippen molar-refractivity contribution < 1.29 is 9.53 Å². The Balaban J connectivity index is 2.15. The van der Waals surface area contributed by atoms with Crippen molar-refractivity contribution in [2.45, 2.75) is 46.1 Å². The zero-order valence-electron chi connectivity index (χ0n) is 15.5. The number of carbonyl (C=O) groups is 1. The van der Waals surface area contributed by atoms with Gasteiger partial charge in [0.1, 0.15) is 5.75 Å². The molecule has 1 atom stereocenters. The van der Waals surface area contributed by atoms with E-state index in [2.05, 4.69) is 25.2 Å². The summed E-state index contributed by atoms with van der Waals surface area (Å²) in [5.41, 5.74) is 4.28. The van der Waals surface area contributed by atoms with Crippen molar-refractivity contribution in [3.05, 3.63) is 63.7 Å². The third kappa shape index (κ3) is 4.99. The van der Waals surface area contributed by atoms with Crippen LogP contribution in [0, 0.1) is 6.92 Å². The van der Waals surface area contributed by atoms with Crippen LogP contribution in [0.25, 0.3) is 0 Å². The number of amides is 1. The Labute approximate surface area is 155 Å². The number of methoxy groups -OCH3 is 1. The molecule has 2 aromatic rings. The van der Waals surface area contributed by atoms with Gasteiger partial charge in [-0.15, -0.1) is 0 Å². The standard InChI is InChI=1S/C21H26ClNO2/c1-13(2)18-12-19(14(3)9-20(18)25-5)15(4)23-21(24)11-16-7-6-8-17(22)10-16/h6-10,12-13,15H,11H2,1-5H3,(H,23,24). The molecule has 0 spiro atoms. The molecule has 0 heterocycles.